The number of morpholine rings is 1. The maximum atomic E-state index is 13.0. The van der Waals surface area contributed by atoms with Crippen LogP contribution >= 0.6 is 11.3 Å². The highest BCUT2D eigenvalue weighted by Crippen LogP contribution is 2.37. The summed E-state index contributed by atoms with van der Waals surface area (Å²) in [4.78, 5) is 15.3. The van der Waals surface area contributed by atoms with Crippen LogP contribution in [-0.4, -0.2) is 54.6 Å². The zero-order chi connectivity index (χ0) is 17.9. The van der Waals surface area contributed by atoms with Crippen molar-refractivity contribution in [2.75, 3.05) is 32.8 Å². The molecule has 1 amide bonds. The molecule has 1 aromatic heterocycles. The van der Waals surface area contributed by atoms with Gasteiger partial charge in [0.2, 0.25) is 0 Å². The number of nitrogens with one attached hydrogen (secondary N) is 1. The first-order valence-electron chi connectivity index (χ1n) is 8.85. The topological polar surface area (TPSA) is 66.6 Å². The van der Waals surface area contributed by atoms with E-state index in [9.17, 15) is 9.90 Å². The molecule has 0 radical (unpaired) electrons. The van der Waals surface area contributed by atoms with E-state index in [4.69, 9.17) is 4.74 Å². The second-order valence-electron chi connectivity index (χ2n) is 6.58. The molecule has 7 heteroatoms. The van der Waals surface area contributed by atoms with Gasteiger partial charge in [-0.15, -0.1) is 11.3 Å². The fraction of sp³-hybridized carbons (Fsp3) is 0.368. The molecular weight excluding hydrogens is 350 g/mol. The van der Waals surface area contributed by atoms with E-state index in [-0.39, 0.29) is 17.7 Å². The third kappa shape index (κ3) is 3.51. The van der Waals surface area contributed by atoms with Gasteiger partial charge in [0.05, 0.1) is 29.8 Å². The van der Waals surface area contributed by atoms with Crippen molar-refractivity contribution in [2.45, 2.75) is 12.5 Å². The number of phenols is 1. The van der Waals surface area contributed by atoms with E-state index in [0.29, 0.717) is 26.2 Å². The van der Waals surface area contributed by atoms with Crippen molar-refractivity contribution < 1.29 is 19.5 Å². The zero-order valence-electron chi connectivity index (χ0n) is 14.4. The Bertz CT molecular complexity index is 800. The average molecular weight is 372 g/mol. The number of carbonyl (C=O) groups excluding carboxylic acids is 1. The Labute approximate surface area is 156 Å². The molecule has 136 valence electrons. The van der Waals surface area contributed by atoms with Gasteiger partial charge in [0.1, 0.15) is 18.8 Å². The monoisotopic (exact) mass is 372 g/mol. The smallest absolute Gasteiger partial charge is 0.298 e. The van der Waals surface area contributed by atoms with Gasteiger partial charge in [0.15, 0.2) is 6.54 Å². The highest BCUT2D eigenvalue weighted by molar-refractivity contribution is 7.12. The molecule has 1 atom stereocenters. The molecule has 1 saturated heterocycles. The number of benzene rings is 1. The van der Waals surface area contributed by atoms with Gasteiger partial charge in [-0.25, -0.2) is 5.01 Å². The van der Waals surface area contributed by atoms with Crippen LogP contribution in [0.3, 0.4) is 0 Å². The minimum absolute atomic E-state index is 0.0123. The lowest BCUT2D eigenvalue weighted by Gasteiger charge is -2.27. The number of quaternary nitrogens is 1. The minimum Gasteiger partial charge on any atom is -0.508 e. The molecule has 0 spiro atoms. The van der Waals surface area contributed by atoms with Gasteiger partial charge in [-0.2, -0.15) is 5.10 Å². The van der Waals surface area contributed by atoms with Crippen LogP contribution in [0.25, 0.3) is 0 Å². The molecule has 26 heavy (non-hydrogen) atoms. The van der Waals surface area contributed by atoms with Crippen LogP contribution in [0.15, 0.2) is 46.9 Å². The quantitative estimate of drug-likeness (QED) is 0.843. The van der Waals surface area contributed by atoms with Crippen LogP contribution in [0, 0.1) is 0 Å². The van der Waals surface area contributed by atoms with E-state index < -0.39 is 0 Å². The van der Waals surface area contributed by atoms with Crippen molar-refractivity contribution in [3.63, 3.8) is 0 Å². The van der Waals surface area contributed by atoms with Gasteiger partial charge in [-0.1, -0.05) is 24.3 Å². The molecule has 0 saturated carbocycles. The number of aromatic hydroxyl groups is 1. The fourth-order valence-electron chi connectivity index (χ4n) is 3.48. The van der Waals surface area contributed by atoms with Gasteiger partial charge < -0.3 is 14.7 Å². The van der Waals surface area contributed by atoms with E-state index in [2.05, 4.69) is 5.10 Å². The predicted molar refractivity (Wildman–Crippen MR) is 99.5 cm³/mol. The van der Waals surface area contributed by atoms with Gasteiger partial charge in [0, 0.05) is 12.0 Å². The Balaban J connectivity index is 1.60. The van der Waals surface area contributed by atoms with Gasteiger partial charge in [0.25, 0.3) is 5.91 Å². The van der Waals surface area contributed by atoms with E-state index in [1.807, 2.05) is 29.6 Å². The molecule has 1 fully saturated rings. The van der Waals surface area contributed by atoms with Crippen molar-refractivity contribution in [1.82, 2.24) is 5.01 Å². The summed E-state index contributed by atoms with van der Waals surface area (Å²) in [6.45, 7) is 3.45. The predicted octanol–water partition coefficient (Wildman–Crippen LogP) is 1.05. The molecule has 4 rings (SSSR count). The van der Waals surface area contributed by atoms with E-state index in [1.54, 1.807) is 28.5 Å². The number of rotatable bonds is 4. The standard InChI is InChI=1S/C19H21N3O3S/c23-17-5-2-1-4-14(17)16-12-15(18-6-3-11-26-18)20-22(16)19(24)13-21-7-9-25-10-8-21/h1-6,11,16,23H,7-10,12-13H2/p+1/t16-/m0/s1. The maximum Gasteiger partial charge on any atom is 0.298 e. The largest absolute Gasteiger partial charge is 0.508 e. The third-order valence-corrected chi connectivity index (χ3v) is 5.79. The van der Waals surface area contributed by atoms with Gasteiger partial charge >= 0.3 is 0 Å². The van der Waals surface area contributed by atoms with Crippen molar-refractivity contribution in [2.24, 2.45) is 5.10 Å². The number of hydrazone groups is 1. The second-order valence-corrected chi connectivity index (χ2v) is 7.53. The molecule has 2 aliphatic heterocycles. The van der Waals surface area contributed by atoms with Crippen molar-refractivity contribution >= 4 is 23.0 Å². The van der Waals surface area contributed by atoms with Crippen LogP contribution < -0.4 is 4.90 Å². The van der Waals surface area contributed by atoms with E-state index in [1.165, 1.54) is 4.90 Å². The Morgan fingerprint density at radius 2 is 2.08 bits per heavy atom. The highest BCUT2D eigenvalue weighted by atomic mass is 32.1. The van der Waals surface area contributed by atoms with Crippen molar-refractivity contribution in [3.05, 3.63) is 52.2 Å². The van der Waals surface area contributed by atoms with Crippen LogP contribution in [0.4, 0.5) is 0 Å². The average Bonchev–Trinajstić information content (AvgIpc) is 3.33. The summed E-state index contributed by atoms with van der Waals surface area (Å²) in [5.41, 5.74) is 1.65. The lowest BCUT2D eigenvalue weighted by molar-refractivity contribution is -0.900. The molecule has 2 aromatic rings. The van der Waals surface area contributed by atoms with Crippen LogP contribution in [-0.2, 0) is 9.53 Å². The number of carbonyl (C=O) groups is 1. The maximum absolute atomic E-state index is 13.0. The summed E-state index contributed by atoms with van der Waals surface area (Å²) in [7, 11) is 0. The Hall–Kier alpha value is -2.22. The first kappa shape index (κ1) is 17.2. The number of nitrogens with zero attached hydrogens (tertiary/aromatic N) is 2. The molecule has 2 N–H and O–H groups in total. The zero-order valence-corrected chi connectivity index (χ0v) is 15.2. The lowest BCUT2D eigenvalue weighted by Crippen LogP contribution is -3.15. The molecular formula is C19H22N3O3S+. The van der Waals surface area contributed by atoms with Crippen molar-refractivity contribution in [3.8, 4) is 5.75 Å². The molecule has 0 aliphatic carbocycles. The SMILES string of the molecule is O=C(C[NH+]1CCOCC1)N1N=C(c2cccs2)C[C@H]1c1ccccc1O. The summed E-state index contributed by atoms with van der Waals surface area (Å²) < 4.78 is 5.37. The molecule has 2 aliphatic rings. The number of thiophene rings is 1. The summed E-state index contributed by atoms with van der Waals surface area (Å²) in [6.07, 6.45) is 0.613. The van der Waals surface area contributed by atoms with Gasteiger partial charge in [-0.05, 0) is 17.5 Å². The third-order valence-electron chi connectivity index (χ3n) is 4.87. The number of hydrogen-bond acceptors (Lipinski definition) is 5. The first-order chi connectivity index (χ1) is 12.7. The number of hydrogen-bond donors (Lipinski definition) is 2. The molecule has 6 nitrogen and oxygen atoms in total. The number of phenolic OH excluding ortho intramolecular Hbond substituents is 1. The van der Waals surface area contributed by atoms with Crippen LogP contribution in [0.2, 0.25) is 0 Å². The second kappa shape index (κ2) is 7.57. The summed E-state index contributed by atoms with van der Waals surface area (Å²) in [5.74, 6) is 0.193. The van der Waals surface area contributed by atoms with Gasteiger partial charge in [-0.3, -0.25) is 4.79 Å². The highest BCUT2D eigenvalue weighted by Gasteiger charge is 2.36. The molecule has 0 bridgehead atoms. The van der Waals surface area contributed by atoms with Crippen LogP contribution in [0.1, 0.15) is 22.9 Å². The Morgan fingerprint density at radius 3 is 2.81 bits per heavy atom. The number of para-hydroxylation sites is 1. The van der Waals surface area contributed by atoms with E-state index >= 15 is 0 Å². The molecule has 3 heterocycles. The summed E-state index contributed by atoms with van der Waals surface area (Å²) in [6, 6.07) is 10.9. The summed E-state index contributed by atoms with van der Waals surface area (Å²) >= 11 is 1.62. The van der Waals surface area contributed by atoms with Crippen molar-refractivity contribution in [1.29, 1.82) is 0 Å². The summed E-state index contributed by atoms with van der Waals surface area (Å²) in [5, 5.41) is 18.5. The minimum atomic E-state index is -0.263. The first-order valence-corrected chi connectivity index (χ1v) is 9.73. The Morgan fingerprint density at radius 1 is 1.27 bits per heavy atom. The lowest BCUT2D eigenvalue weighted by atomic mass is 10.00. The number of amides is 1. The molecule has 1 aromatic carbocycles. The fourth-order valence-corrected chi connectivity index (χ4v) is 4.20. The number of ether oxygens (including phenoxy) is 1. The van der Waals surface area contributed by atoms with Crippen LogP contribution in [0.5, 0.6) is 5.75 Å². The van der Waals surface area contributed by atoms with E-state index in [0.717, 1.165) is 29.2 Å². The molecule has 0 unspecified atom stereocenters. The normalized spacial score (nSPS) is 21.0. The Kier molecular flexibility index (Phi) is 5.01.